The van der Waals surface area contributed by atoms with E-state index in [-0.39, 0.29) is 5.82 Å². The number of rotatable bonds is 5. The van der Waals surface area contributed by atoms with Crippen LogP contribution < -0.4 is 0 Å². The van der Waals surface area contributed by atoms with Crippen LogP contribution in [-0.2, 0) is 11.4 Å². The highest BCUT2D eigenvalue weighted by atomic mass is 32.2. The molecule has 0 aromatic heterocycles. The van der Waals surface area contributed by atoms with Gasteiger partial charge >= 0.3 is 0 Å². The molecule has 0 saturated heterocycles. The summed E-state index contributed by atoms with van der Waals surface area (Å²) in [5.41, 5.74) is 0.943. The Morgan fingerprint density at radius 1 is 1.56 bits per heavy atom. The summed E-state index contributed by atoms with van der Waals surface area (Å²) in [4.78, 5) is 0. The van der Waals surface area contributed by atoms with Crippen LogP contribution in [0.15, 0.2) is 41.3 Å². The summed E-state index contributed by atoms with van der Waals surface area (Å²) < 4.78 is 28.5. The molecule has 0 spiro atoms. The summed E-state index contributed by atoms with van der Waals surface area (Å²) in [7, 11) is 0. The van der Waals surface area contributed by atoms with Crippen LogP contribution in [0.4, 0.5) is 4.39 Å². The van der Waals surface area contributed by atoms with E-state index in [9.17, 15) is 8.94 Å². The minimum atomic E-state index is -1.32. The zero-order valence-corrected chi connectivity index (χ0v) is 9.97. The van der Waals surface area contributed by atoms with Gasteiger partial charge in [-0.25, -0.2) is 4.39 Å². The third kappa shape index (κ3) is 3.79. The highest BCUT2D eigenvalue weighted by Crippen LogP contribution is 2.13. The van der Waals surface area contributed by atoms with Crippen LogP contribution in [0.25, 0.3) is 0 Å². The van der Waals surface area contributed by atoms with Crippen LogP contribution >= 0.6 is 0 Å². The largest absolute Gasteiger partial charge is 0.591 e. The molecule has 1 aromatic rings. The van der Waals surface area contributed by atoms with Crippen LogP contribution in [0.2, 0.25) is 0 Å². The second kappa shape index (κ2) is 6.45. The minimum absolute atomic E-state index is 0.337. The van der Waals surface area contributed by atoms with Crippen molar-refractivity contribution in [3.05, 3.63) is 48.3 Å². The van der Waals surface area contributed by atoms with Crippen LogP contribution in [0, 0.1) is 5.82 Å². The molecule has 1 atom stereocenters. The first kappa shape index (κ1) is 12.9. The quantitative estimate of drug-likeness (QED) is 0.442. The molecule has 1 aromatic carbocycles. The first-order chi connectivity index (χ1) is 7.65. The standard InChI is InChI=1S/C12H14FNOS/c1-3-4-9-12(14-16(2)15)10-7-5-6-8-11(10)13/h3,5-8H,1,4,9H2,2H3. The summed E-state index contributed by atoms with van der Waals surface area (Å²) in [6, 6.07) is 6.37. The van der Waals surface area contributed by atoms with E-state index < -0.39 is 11.4 Å². The zero-order chi connectivity index (χ0) is 12.0. The molecule has 0 aliphatic heterocycles. The fourth-order valence-electron chi connectivity index (χ4n) is 1.32. The van der Waals surface area contributed by atoms with Gasteiger partial charge in [-0.3, -0.25) is 0 Å². The molecule has 1 rings (SSSR count). The van der Waals surface area contributed by atoms with Crippen molar-refractivity contribution >= 4 is 17.1 Å². The zero-order valence-electron chi connectivity index (χ0n) is 9.15. The monoisotopic (exact) mass is 239 g/mol. The third-order valence-corrected chi connectivity index (χ3v) is 2.49. The molecule has 0 fully saturated rings. The number of benzene rings is 1. The molecule has 0 saturated carbocycles. The molecule has 16 heavy (non-hydrogen) atoms. The molecule has 0 heterocycles. The Morgan fingerprint density at radius 2 is 2.25 bits per heavy atom. The van der Waals surface area contributed by atoms with E-state index in [0.717, 1.165) is 0 Å². The SMILES string of the molecule is C=CCCC(=N[S+](C)[O-])c1ccccc1F. The Labute approximate surface area is 98.2 Å². The van der Waals surface area contributed by atoms with Gasteiger partial charge in [-0.15, -0.1) is 6.58 Å². The van der Waals surface area contributed by atoms with E-state index in [1.807, 2.05) is 0 Å². The van der Waals surface area contributed by atoms with Gasteiger partial charge in [0.2, 0.25) is 0 Å². The van der Waals surface area contributed by atoms with Gasteiger partial charge in [0.15, 0.2) is 0 Å². The molecular formula is C12H14FNOS. The molecule has 2 nitrogen and oxygen atoms in total. The van der Waals surface area contributed by atoms with Crippen molar-refractivity contribution < 1.29 is 8.94 Å². The van der Waals surface area contributed by atoms with Crippen LogP contribution in [-0.4, -0.2) is 16.5 Å². The molecule has 0 N–H and O–H groups in total. The van der Waals surface area contributed by atoms with Crippen LogP contribution in [0.1, 0.15) is 18.4 Å². The molecule has 0 amide bonds. The summed E-state index contributed by atoms with van der Waals surface area (Å²) in [6.45, 7) is 3.60. The predicted octanol–water partition coefficient (Wildman–Crippen LogP) is 2.87. The van der Waals surface area contributed by atoms with Gasteiger partial charge in [0.05, 0.1) is 11.4 Å². The number of allylic oxidation sites excluding steroid dienone is 1. The lowest BCUT2D eigenvalue weighted by atomic mass is 10.1. The van der Waals surface area contributed by atoms with Crippen molar-refractivity contribution in [3.8, 4) is 0 Å². The van der Waals surface area contributed by atoms with Gasteiger partial charge in [-0.05, 0) is 18.9 Å². The molecule has 0 bridgehead atoms. The normalized spacial score (nSPS) is 13.6. The van der Waals surface area contributed by atoms with Gasteiger partial charge in [0.1, 0.15) is 17.8 Å². The second-order valence-electron chi connectivity index (χ2n) is 3.27. The molecule has 1 unspecified atom stereocenters. The highest BCUT2D eigenvalue weighted by molar-refractivity contribution is 7.89. The van der Waals surface area contributed by atoms with E-state index in [2.05, 4.69) is 11.0 Å². The van der Waals surface area contributed by atoms with Gasteiger partial charge in [-0.1, -0.05) is 28.7 Å². The molecule has 4 heteroatoms. The maximum Gasteiger partial charge on any atom is 0.132 e. The summed E-state index contributed by atoms with van der Waals surface area (Å²) in [6.07, 6.45) is 4.43. The molecule has 86 valence electrons. The average molecular weight is 239 g/mol. The van der Waals surface area contributed by atoms with Crippen LogP contribution in [0.3, 0.4) is 0 Å². The smallest absolute Gasteiger partial charge is 0.132 e. The third-order valence-electron chi connectivity index (χ3n) is 2.01. The Hall–Kier alpha value is -1.13. The van der Waals surface area contributed by atoms with Crippen molar-refractivity contribution in [2.75, 3.05) is 6.26 Å². The Kier molecular flexibility index (Phi) is 5.22. The molecular weight excluding hydrogens is 225 g/mol. The molecule has 0 aliphatic carbocycles. The van der Waals surface area contributed by atoms with Gasteiger partial charge in [0, 0.05) is 5.56 Å². The van der Waals surface area contributed by atoms with E-state index in [1.165, 1.54) is 12.3 Å². The topological polar surface area (TPSA) is 35.4 Å². The van der Waals surface area contributed by atoms with E-state index in [1.54, 1.807) is 24.3 Å². The lowest BCUT2D eigenvalue weighted by molar-refractivity contribution is 0.602. The van der Waals surface area contributed by atoms with Gasteiger partial charge < -0.3 is 4.55 Å². The van der Waals surface area contributed by atoms with Crippen molar-refractivity contribution in [2.45, 2.75) is 12.8 Å². The minimum Gasteiger partial charge on any atom is -0.591 e. The summed E-state index contributed by atoms with van der Waals surface area (Å²) in [5, 5.41) is 0. The lowest BCUT2D eigenvalue weighted by Crippen LogP contribution is -2.07. The lowest BCUT2D eigenvalue weighted by Gasteiger charge is -2.06. The second-order valence-corrected chi connectivity index (χ2v) is 4.30. The first-order valence-electron chi connectivity index (χ1n) is 4.92. The summed E-state index contributed by atoms with van der Waals surface area (Å²) in [5.74, 6) is -0.337. The predicted molar refractivity (Wildman–Crippen MR) is 66.4 cm³/mol. The van der Waals surface area contributed by atoms with Crippen molar-refractivity contribution in [2.24, 2.45) is 4.40 Å². The fraction of sp³-hybridized carbons (Fsp3) is 0.250. The molecule has 0 radical (unpaired) electrons. The van der Waals surface area contributed by atoms with Gasteiger partial charge in [0.25, 0.3) is 0 Å². The number of nitrogens with zero attached hydrogens (tertiary/aromatic N) is 1. The Morgan fingerprint density at radius 3 is 2.81 bits per heavy atom. The number of hydrogen-bond acceptors (Lipinski definition) is 2. The fourth-order valence-corrected chi connectivity index (χ4v) is 1.82. The van der Waals surface area contributed by atoms with Crippen molar-refractivity contribution in [1.82, 2.24) is 0 Å². The number of halogens is 1. The van der Waals surface area contributed by atoms with Crippen molar-refractivity contribution in [3.63, 3.8) is 0 Å². The Bertz CT molecular complexity index is 390. The maximum atomic E-state index is 13.5. The number of hydrogen-bond donors (Lipinski definition) is 0. The summed E-state index contributed by atoms with van der Waals surface area (Å²) >= 11 is -1.32. The van der Waals surface area contributed by atoms with Crippen molar-refractivity contribution in [1.29, 1.82) is 0 Å². The maximum absolute atomic E-state index is 13.5. The molecule has 0 aliphatic rings. The van der Waals surface area contributed by atoms with Crippen LogP contribution in [0.5, 0.6) is 0 Å². The van der Waals surface area contributed by atoms with E-state index >= 15 is 0 Å². The first-order valence-corrected chi connectivity index (χ1v) is 6.43. The van der Waals surface area contributed by atoms with Gasteiger partial charge in [-0.2, -0.15) is 0 Å². The van der Waals surface area contributed by atoms with E-state index in [4.69, 9.17) is 0 Å². The highest BCUT2D eigenvalue weighted by Gasteiger charge is 2.11. The van der Waals surface area contributed by atoms with E-state index in [0.29, 0.717) is 24.1 Å². The average Bonchev–Trinajstić information content (AvgIpc) is 2.24. The Balaban J connectivity index is 3.01.